The van der Waals surface area contributed by atoms with Crippen molar-refractivity contribution in [1.29, 1.82) is 0 Å². The number of rotatable bonds is 7. The summed E-state index contributed by atoms with van der Waals surface area (Å²) in [4.78, 5) is 2.09. The Labute approximate surface area is 176 Å². The van der Waals surface area contributed by atoms with Crippen LogP contribution in [-0.2, 0) is 0 Å². The van der Waals surface area contributed by atoms with Crippen molar-refractivity contribution in [3.63, 3.8) is 0 Å². The zero-order chi connectivity index (χ0) is 22.3. The topological polar surface area (TPSA) is 15.3 Å². The summed E-state index contributed by atoms with van der Waals surface area (Å²) in [5, 5.41) is 2.37. The van der Waals surface area contributed by atoms with Crippen LogP contribution < -0.4 is 5.32 Å². The fraction of sp³-hybridized carbons (Fsp3) is 0.364. The van der Waals surface area contributed by atoms with Gasteiger partial charge in [0, 0.05) is 30.0 Å². The van der Waals surface area contributed by atoms with E-state index >= 15 is 0 Å². The van der Waals surface area contributed by atoms with E-state index in [2.05, 4.69) is 16.8 Å². The van der Waals surface area contributed by atoms with E-state index in [4.69, 9.17) is 0 Å². The molecule has 30 heavy (non-hydrogen) atoms. The molecular formula is C22H26F5N2P. The number of alkyl halides is 3. The number of nitrogens with zero attached hydrogens (tertiary/aromatic N) is 1. The number of hydrogen-bond acceptors (Lipinski definition) is 2. The third-order valence-electron chi connectivity index (χ3n) is 4.74. The van der Waals surface area contributed by atoms with Gasteiger partial charge in [-0.25, -0.2) is 8.78 Å². The first kappa shape index (κ1) is 24.1. The number of hydrogen-bond donors (Lipinski definition) is 1. The second-order valence-electron chi connectivity index (χ2n) is 6.95. The van der Waals surface area contributed by atoms with E-state index in [-0.39, 0.29) is 16.8 Å². The van der Waals surface area contributed by atoms with Crippen LogP contribution in [0.25, 0.3) is 6.08 Å². The Kier molecular flexibility index (Phi) is 8.65. The molecule has 1 atom stereocenters. The molecule has 0 bridgehead atoms. The molecule has 2 nitrogen and oxygen atoms in total. The second-order valence-corrected chi connectivity index (χ2v) is 8.45. The van der Waals surface area contributed by atoms with Gasteiger partial charge in [-0.15, -0.1) is 8.58 Å². The van der Waals surface area contributed by atoms with Gasteiger partial charge < -0.3 is 10.2 Å². The van der Waals surface area contributed by atoms with Gasteiger partial charge in [-0.1, -0.05) is 12.7 Å². The Hall–Kier alpha value is -2.14. The summed E-state index contributed by atoms with van der Waals surface area (Å²) in [5.41, 5.74) is 0.714. The fourth-order valence-electron chi connectivity index (χ4n) is 3.10. The lowest BCUT2D eigenvalue weighted by Crippen LogP contribution is -2.42. The molecule has 1 aliphatic heterocycles. The van der Waals surface area contributed by atoms with Gasteiger partial charge >= 0.3 is 6.18 Å². The predicted octanol–water partition coefficient (Wildman–Crippen LogP) is 5.86. The van der Waals surface area contributed by atoms with Crippen LogP contribution in [0.2, 0.25) is 0 Å². The minimum atomic E-state index is -4.57. The van der Waals surface area contributed by atoms with Crippen LogP contribution in [0.4, 0.5) is 22.0 Å². The minimum Gasteiger partial charge on any atom is -0.374 e. The molecule has 1 saturated heterocycles. The zero-order valence-corrected chi connectivity index (χ0v) is 18.0. The first-order valence-electron chi connectivity index (χ1n) is 9.57. The normalized spacial score (nSPS) is 17.4. The van der Waals surface area contributed by atoms with Crippen molar-refractivity contribution in [2.45, 2.75) is 26.1 Å². The van der Waals surface area contributed by atoms with E-state index < -0.39 is 23.9 Å². The summed E-state index contributed by atoms with van der Waals surface area (Å²) in [6.45, 7) is 8.64. The Morgan fingerprint density at radius 2 is 1.90 bits per heavy atom. The van der Waals surface area contributed by atoms with Crippen molar-refractivity contribution < 1.29 is 22.0 Å². The average molecular weight is 444 g/mol. The molecular weight excluding hydrogens is 418 g/mol. The number of halogens is 5. The summed E-state index contributed by atoms with van der Waals surface area (Å²) in [7, 11) is 0.900. The quantitative estimate of drug-likeness (QED) is 0.322. The maximum atomic E-state index is 13.8. The number of allylic oxidation sites excluding steroid dienone is 3. The van der Waals surface area contributed by atoms with Gasteiger partial charge in [0.1, 0.15) is 17.7 Å². The molecule has 2 rings (SSSR count). The van der Waals surface area contributed by atoms with Gasteiger partial charge in [0.15, 0.2) is 0 Å². The maximum Gasteiger partial charge on any atom is 0.412 e. The van der Waals surface area contributed by atoms with Crippen LogP contribution >= 0.6 is 8.58 Å². The molecule has 1 aliphatic rings. The van der Waals surface area contributed by atoms with Crippen LogP contribution in [0.3, 0.4) is 0 Å². The SMILES string of the molecule is C=C(/C=C/c1cc(F)ccc1F)NC(C(=C/C)/C=C(\C)N1CCPCC1)C(F)(F)F. The Balaban J connectivity index is 2.18. The minimum absolute atomic E-state index is 0.0643. The smallest absolute Gasteiger partial charge is 0.374 e. The van der Waals surface area contributed by atoms with E-state index in [1.807, 2.05) is 6.92 Å². The molecule has 1 unspecified atom stereocenters. The summed E-state index contributed by atoms with van der Waals surface area (Å²) in [6, 6.07) is 0.910. The molecule has 0 spiro atoms. The molecule has 1 aromatic carbocycles. The molecule has 1 heterocycles. The average Bonchev–Trinajstić information content (AvgIpc) is 2.70. The third-order valence-corrected chi connectivity index (χ3v) is 5.89. The molecule has 1 fully saturated rings. The van der Waals surface area contributed by atoms with E-state index in [0.717, 1.165) is 57.9 Å². The van der Waals surface area contributed by atoms with Crippen molar-refractivity contribution in [1.82, 2.24) is 10.2 Å². The summed E-state index contributed by atoms with van der Waals surface area (Å²) in [6.07, 6.45) is 2.89. The standard InChI is InChI=1S/C22H26F5N2P/c1-4-17(13-16(3)29-9-11-30-12-10-29)21(22(25,26)27)28-15(2)5-6-18-14-19(23)7-8-20(18)24/h4-8,13-14,21,28,30H,2,9-12H2,1,3H3/b6-5+,16-13+,17-4+. The van der Waals surface area contributed by atoms with Gasteiger partial charge in [-0.05, 0) is 68.2 Å². The Bertz CT molecular complexity index is 836. The second kappa shape index (κ2) is 10.8. The molecule has 0 radical (unpaired) electrons. The summed E-state index contributed by atoms with van der Waals surface area (Å²) in [5.74, 6) is -1.32. The van der Waals surface area contributed by atoms with Crippen LogP contribution in [0.15, 0.2) is 60.0 Å². The van der Waals surface area contributed by atoms with E-state index in [0.29, 0.717) is 0 Å². The molecule has 1 aromatic rings. The van der Waals surface area contributed by atoms with Crippen LogP contribution in [0.5, 0.6) is 0 Å². The van der Waals surface area contributed by atoms with Crippen LogP contribution in [0, 0.1) is 11.6 Å². The lowest BCUT2D eigenvalue weighted by molar-refractivity contribution is -0.144. The van der Waals surface area contributed by atoms with Crippen molar-refractivity contribution >= 4 is 14.7 Å². The first-order valence-corrected chi connectivity index (χ1v) is 11.0. The monoisotopic (exact) mass is 444 g/mol. The van der Waals surface area contributed by atoms with Crippen LogP contribution in [0.1, 0.15) is 19.4 Å². The lowest BCUT2D eigenvalue weighted by Gasteiger charge is -2.31. The first-order chi connectivity index (χ1) is 14.1. The lowest BCUT2D eigenvalue weighted by atomic mass is 10.0. The highest BCUT2D eigenvalue weighted by Crippen LogP contribution is 2.29. The molecule has 0 amide bonds. The summed E-state index contributed by atoms with van der Waals surface area (Å²) >= 11 is 0. The van der Waals surface area contributed by atoms with Crippen molar-refractivity contribution in [2.75, 3.05) is 25.4 Å². The maximum absolute atomic E-state index is 13.8. The highest BCUT2D eigenvalue weighted by atomic mass is 31.1. The largest absolute Gasteiger partial charge is 0.412 e. The molecule has 0 aliphatic carbocycles. The van der Waals surface area contributed by atoms with E-state index in [1.54, 1.807) is 13.0 Å². The fourth-order valence-corrected chi connectivity index (χ4v) is 4.21. The molecule has 0 saturated carbocycles. The third kappa shape index (κ3) is 6.98. The van der Waals surface area contributed by atoms with Crippen molar-refractivity contribution in [3.05, 3.63) is 77.2 Å². The Morgan fingerprint density at radius 3 is 2.50 bits per heavy atom. The van der Waals surface area contributed by atoms with Gasteiger partial charge in [0.2, 0.25) is 0 Å². The van der Waals surface area contributed by atoms with Gasteiger partial charge in [-0.2, -0.15) is 13.2 Å². The Morgan fingerprint density at radius 1 is 1.23 bits per heavy atom. The van der Waals surface area contributed by atoms with Gasteiger partial charge in [-0.3, -0.25) is 0 Å². The zero-order valence-electron chi connectivity index (χ0n) is 17.0. The molecule has 1 N–H and O–H groups in total. The number of nitrogens with one attached hydrogen (secondary N) is 1. The summed E-state index contributed by atoms with van der Waals surface area (Å²) < 4.78 is 68.3. The predicted molar refractivity (Wildman–Crippen MR) is 115 cm³/mol. The highest BCUT2D eigenvalue weighted by Gasteiger charge is 2.41. The molecule has 0 aromatic heterocycles. The van der Waals surface area contributed by atoms with Gasteiger partial charge in [0.05, 0.1) is 0 Å². The van der Waals surface area contributed by atoms with Crippen LogP contribution in [-0.4, -0.2) is 42.5 Å². The van der Waals surface area contributed by atoms with E-state index in [1.165, 1.54) is 18.2 Å². The van der Waals surface area contributed by atoms with Crippen molar-refractivity contribution in [2.24, 2.45) is 0 Å². The number of benzene rings is 1. The van der Waals surface area contributed by atoms with Gasteiger partial charge in [0.25, 0.3) is 0 Å². The molecule has 164 valence electrons. The van der Waals surface area contributed by atoms with E-state index in [9.17, 15) is 22.0 Å². The van der Waals surface area contributed by atoms with Crippen molar-refractivity contribution in [3.8, 4) is 0 Å². The highest BCUT2D eigenvalue weighted by molar-refractivity contribution is 7.38. The molecule has 8 heteroatoms.